The highest BCUT2D eigenvalue weighted by Gasteiger charge is 2.32. The first-order valence-electron chi connectivity index (χ1n) is 15.2. The van der Waals surface area contributed by atoms with E-state index < -0.39 is 0 Å². The molecule has 0 bridgehead atoms. The van der Waals surface area contributed by atoms with E-state index in [9.17, 15) is 9.59 Å². The number of piperidine rings is 1. The van der Waals surface area contributed by atoms with Gasteiger partial charge in [0.1, 0.15) is 12.4 Å². The summed E-state index contributed by atoms with van der Waals surface area (Å²) in [5, 5.41) is 6.14. The lowest BCUT2D eigenvalue weighted by molar-refractivity contribution is -0.124. The van der Waals surface area contributed by atoms with Crippen LogP contribution in [0, 0.1) is 5.92 Å². The first kappa shape index (κ1) is 31.4. The van der Waals surface area contributed by atoms with Crippen molar-refractivity contribution in [3.8, 4) is 5.75 Å². The Labute approximate surface area is 256 Å². The summed E-state index contributed by atoms with van der Waals surface area (Å²) in [6.07, 6.45) is 8.13. The Kier molecular flexibility index (Phi) is 11.8. The number of nitrogens with one attached hydrogen (secondary N) is 2. The van der Waals surface area contributed by atoms with Crippen molar-refractivity contribution in [2.45, 2.75) is 39.0 Å². The number of carbonyl (C=O) groups excluding carboxylic acids is 2. The molecule has 6 nitrogen and oxygen atoms in total. The van der Waals surface area contributed by atoms with Gasteiger partial charge < -0.3 is 20.3 Å². The Morgan fingerprint density at radius 3 is 2.23 bits per heavy atom. The maximum Gasteiger partial charge on any atom is 0.256 e. The smallest absolute Gasteiger partial charge is 0.256 e. The number of nitrogens with zero attached hydrogens (tertiary/aromatic N) is 1. The van der Waals surface area contributed by atoms with Crippen molar-refractivity contribution in [2.75, 3.05) is 36.5 Å². The van der Waals surface area contributed by atoms with Crippen LogP contribution >= 0.6 is 0 Å². The largest absolute Gasteiger partial charge is 0.489 e. The number of allylic oxidation sites excluding steroid dienone is 1. The minimum atomic E-state index is -0.235. The van der Waals surface area contributed by atoms with E-state index in [1.165, 1.54) is 0 Å². The van der Waals surface area contributed by atoms with E-state index >= 15 is 0 Å². The highest BCUT2D eigenvalue weighted by molar-refractivity contribution is 6.06. The molecule has 0 spiro atoms. The van der Waals surface area contributed by atoms with Crippen LogP contribution in [0.25, 0.3) is 0 Å². The van der Waals surface area contributed by atoms with E-state index in [1.54, 1.807) is 6.08 Å². The lowest BCUT2D eigenvalue weighted by Gasteiger charge is -2.37. The molecule has 1 atom stereocenters. The first-order valence-corrected chi connectivity index (χ1v) is 15.2. The second-order valence-corrected chi connectivity index (χ2v) is 10.7. The van der Waals surface area contributed by atoms with E-state index in [2.05, 4.69) is 41.2 Å². The van der Waals surface area contributed by atoms with Crippen molar-refractivity contribution in [3.63, 3.8) is 0 Å². The van der Waals surface area contributed by atoms with Crippen LogP contribution in [0.15, 0.2) is 121 Å². The molecule has 0 radical (unpaired) electrons. The van der Waals surface area contributed by atoms with Crippen LogP contribution in [0.2, 0.25) is 0 Å². The predicted molar refractivity (Wildman–Crippen MR) is 176 cm³/mol. The zero-order chi connectivity index (χ0) is 30.4. The summed E-state index contributed by atoms with van der Waals surface area (Å²) in [4.78, 5) is 28.7. The van der Waals surface area contributed by atoms with E-state index in [1.807, 2.05) is 91.9 Å². The fraction of sp³-hybridized carbons (Fsp3) is 0.297. The molecule has 43 heavy (non-hydrogen) atoms. The minimum absolute atomic E-state index is 0.128. The van der Waals surface area contributed by atoms with E-state index in [0.29, 0.717) is 17.8 Å². The van der Waals surface area contributed by atoms with Crippen molar-refractivity contribution in [1.82, 2.24) is 5.32 Å². The monoisotopic (exact) mass is 577 g/mol. The highest BCUT2D eigenvalue weighted by Crippen LogP contribution is 2.35. The first-order chi connectivity index (χ1) is 21.0. The van der Waals surface area contributed by atoms with Crippen molar-refractivity contribution >= 4 is 23.2 Å². The Bertz CT molecular complexity index is 1390. The van der Waals surface area contributed by atoms with Gasteiger partial charge in [0.05, 0.1) is 5.92 Å². The number of rotatable bonds is 13. The second-order valence-electron chi connectivity index (χ2n) is 10.7. The van der Waals surface area contributed by atoms with E-state index in [-0.39, 0.29) is 30.3 Å². The fourth-order valence-corrected chi connectivity index (χ4v) is 5.57. The van der Waals surface area contributed by atoms with Crippen LogP contribution in [-0.4, -0.2) is 38.1 Å². The molecular formula is C37H43N3O3. The van der Waals surface area contributed by atoms with Crippen LogP contribution in [-0.2, 0) is 9.59 Å². The summed E-state index contributed by atoms with van der Waals surface area (Å²) < 4.78 is 5.90. The van der Waals surface area contributed by atoms with Crippen LogP contribution in [0.5, 0.6) is 5.75 Å². The number of para-hydroxylation sites is 1. The molecule has 2 N–H and O–H groups in total. The van der Waals surface area contributed by atoms with Crippen molar-refractivity contribution in [1.29, 1.82) is 0 Å². The van der Waals surface area contributed by atoms with Gasteiger partial charge in [-0.2, -0.15) is 0 Å². The summed E-state index contributed by atoms with van der Waals surface area (Å²) >= 11 is 0. The summed E-state index contributed by atoms with van der Waals surface area (Å²) in [5.41, 5.74) is 4.12. The number of benzene rings is 3. The van der Waals surface area contributed by atoms with Crippen LogP contribution < -0.4 is 20.3 Å². The van der Waals surface area contributed by atoms with E-state index in [0.717, 1.165) is 54.9 Å². The van der Waals surface area contributed by atoms with Gasteiger partial charge in [-0.1, -0.05) is 80.3 Å². The maximum absolute atomic E-state index is 13.2. The molecule has 3 aromatic carbocycles. The van der Waals surface area contributed by atoms with Gasteiger partial charge in [0, 0.05) is 42.2 Å². The quantitative estimate of drug-likeness (QED) is 0.165. The highest BCUT2D eigenvalue weighted by atomic mass is 16.5. The number of anilines is 2. The average Bonchev–Trinajstić information content (AvgIpc) is 3.05. The normalized spacial score (nSPS) is 15.0. The lowest BCUT2D eigenvalue weighted by atomic mass is 9.79. The Morgan fingerprint density at radius 2 is 1.63 bits per heavy atom. The van der Waals surface area contributed by atoms with Crippen molar-refractivity contribution < 1.29 is 14.3 Å². The molecule has 224 valence electrons. The van der Waals surface area contributed by atoms with Crippen molar-refractivity contribution in [3.05, 3.63) is 126 Å². The molecule has 0 aliphatic carbocycles. The molecule has 1 heterocycles. The fourth-order valence-electron chi connectivity index (χ4n) is 5.57. The SMILES string of the molecule is C=C/C(C(=O)Nc1ccc(N2CCC(C(C(=O)NCCC)c3ccccc3)CC2)cc1)=C(\C=C/C)COc1ccccc1. The summed E-state index contributed by atoms with van der Waals surface area (Å²) in [6, 6.07) is 27.6. The zero-order valence-electron chi connectivity index (χ0n) is 25.3. The predicted octanol–water partition coefficient (Wildman–Crippen LogP) is 7.29. The number of hydrogen-bond acceptors (Lipinski definition) is 4. The molecule has 0 aromatic heterocycles. The number of amides is 2. The number of carbonyl (C=O) groups is 2. The Balaban J connectivity index is 1.38. The molecule has 2 amide bonds. The number of hydrogen-bond donors (Lipinski definition) is 2. The van der Waals surface area contributed by atoms with Crippen LogP contribution in [0.1, 0.15) is 44.6 Å². The Hall–Kier alpha value is -4.58. The topological polar surface area (TPSA) is 70.7 Å². The summed E-state index contributed by atoms with van der Waals surface area (Å²) in [7, 11) is 0. The molecule has 1 saturated heterocycles. The molecule has 1 aliphatic heterocycles. The van der Waals surface area contributed by atoms with Gasteiger partial charge in [-0.25, -0.2) is 0 Å². The van der Waals surface area contributed by atoms with Crippen LogP contribution in [0.3, 0.4) is 0 Å². The van der Waals surface area contributed by atoms with E-state index in [4.69, 9.17) is 4.74 Å². The third-order valence-corrected chi connectivity index (χ3v) is 7.79. The second kappa shape index (κ2) is 16.2. The van der Waals surface area contributed by atoms with Gasteiger partial charge in [-0.05, 0) is 74.1 Å². The maximum atomic E-state index is 13.2. The molecule has 1 fully saturated rings. The molecular weight excluding hydrogens is 534 g/mol. The molecule has 1 unspecified atom stereocenters. The Morgan fingerprint density at radius 1 is 0.977 bits per heavy atom. The molecule has 4 rings (SSSR count). The standard InChI is InChI=1S/C37H43N3O3/c1-4-13-30(27-43-33-16-11-8-12-17-33)34(6-3)36(41)39-31-18-20-32(21-19-31)40-25-22-29(23-26-40)35(37(42)38-24-5-2)28-14-9-7-10-15-28/h4,6-21,29,35H,3,5,22-27H2,1-2H3,(H,38,42)(H,39,41)/b13-4-,34-30-. The molecule has 0 saturated carbocycles. The van der Waals surface area contributed by atoms with Crippen LogP contribution in [0.4, 0.5) is 11.4 Å². The minimum Gasteiger partial charge on any atom is -0.489 e. The van der Waals surface area contributed by atoms with Gasteiger partial charge in [-0.15, -0.1) is 0 Å². The van der Waals surface area contributed by atoms with Gasteiger partial charge in [-0.3, -0.25) is 9.59 Å². The lowest BCUT2D eigenvalue weighted by Crippen LogP contribution is -2.40. The molecule has 6 heteroatoms. The third kappa shape index (κ3) is 8.71. The average molecular weight is 578 g/mol. The molecule has 1 aliphatic rings. The van der Waals surface area contributed by atoms with Gasteiger partial charge in [0.25, 0.3) is 5.91 Å². The molecule has 3 aromatic rings. The van der Waals surface area contributed by atoms with Gasteiger partial charge in [0.15, 0.2) is 0 Å². The summed E-state index contributed by atoms with van der Waals surface area (Å²) in [6.45, 7) is 10.6. The zero-order valence-corrected chi connectivity index (χ0v) is 25.3. The number of ether oxygens (including phenoxy) is 1. The summed E-state index contributed by atoms with van der Waals surface area (Å²) in [5.74, 6) is 0.786. The van der Waals surface area contributed by atoms with Gasteiger partial charge in [0.2, 0.25) is 5.91 Å². The van der Waals surface area contributed by atoms with Gasteiger partial charge >= 0.3 is 0 Å². The third-order valence-electron chi connectivity index (χ3n) is 7.79. The van der Waals surface area contributed by atoms with Crippen molar-refractivity contribution in [2.24, 2.45) is 5.92 Å².